The predicted octanol–water partition coefficient (Wildman–Crippen LogP) is 4.89. The lowest BCUT2D eigenvalue weighted by atomic mass is 10.1. The summed E-state index contributed by atoms with van der Waals surface area (Å²) in [5.41, 5.74) is 3.64. The zero-order valence-corrected chi connectivity index (χ0v) is 21.5. The molecule has 10 heteroatoms. The summed E-state index contributed by atoms with van der Waals surface area (Å²) in [6.45, 7) is 3.76. The van der Waals surface area contributed by atoms with Crippen LogP contribution in [-0.2, 0) is 0 Å². The van der Waals surface area contributed by atoms with Gasteiger partial charge in [-0.1, -0.05) is 41.7 Å². The molecule has 3 aromatic rings. The van der Waals surface area contributed by atoms with E-state index in [-0.39, 0.29) is 0 Å². The number of aromatic nitrogens is 3. The Balaban J connectivity index is 1.85. The lowest BCUT2D eigenvalue weighted by Gasteiger charge is -2.30. The Bertz CT molecular complexity index is 1380. The van der Waals surface area contributed by atoms with Gasteiger partial charge in [-0.25, -0.2) is 9.97 Å². The third-order valence-electron chi connectivity index (χ3n) is 6.12. The van der Waals surface area contributed by atoms with Crippen LogP contribution >= 0.6 is 23.5 Å². The molecule has 5 rings (SSSR count). The molecule has 2 aliphatic rings. The maximum atomic E-state index is 6.50. The van der Waals surface area contributed by atoms with Crippen molar-refractivity contribution in [2.24, 2.45) is 0 Å². The number of anilines is 3. The second kappa shape index (κ2) is 10.2. The molecule has 182 valence electrons. The van der Waals surface area contributed by atoms with Gasteiger partial charge in [0.25, 0.3) is 0 Å². The summed E-state index contributed by atoms with van der Waals surface area (Å²) in [5, 5.41) is 9.13. The molecule has 8 nitrogen and oxygen atoms in total. The molecule has 0 atom stereocenters. The molecule has 0 amide bonds. The van der Waals surface area contributed by atoms with E-state index in [0.717, 1.165) is 53.8 Å². The van der Waals surface area contributed by atoms with E-state index >= 15 is 0 Å². The zero-order valence-electron chi connectivity index (χ0n) is 19.9. The van der Waals surface area contributed by atoms with Crippen molar-refractivity contribution in [3.63, 3.8) is 0 Å². The Labute approximate surface area is 213 Å². The molecule has 0 aliphatic carbocycles. The number of hydrogen-bond acceptors (Lipinski definition) is 8. The van der Waals surface area contributed by atoms with E-state index in [1.165, 1.54) is 0 Å². The van der Waals surface area contributed by atoms with E-state index in [1.807, 2.05) is 13.3 Å². The average molecular weight is 510 g/mol. The molecule has 1 fully saturated rings. The van der Waals surface area contributed by atoms with Crippen LogP contribution in [0.2, 0.25) is 0 Å². The molecule has 0 saturated carbocycles. The number of piperazine rings is 1. The van der Waals surface area contributed by atoms with Crippen LogP contribution in [-0.4, -0.2) is 61.5 Å². The Morgan fingerprint density at radius 2 is 1.86 bits per heavy atom. The first-order valence-corrected chi connectivity index (χ1v) is 13.0. The Hall–Kier alpha value is -3.14. The normalized spacial score (nSPS) is 14.7. The highest BCUT2D eigenvalue weighted by molar-refractivity contribution is 7.99. The number of aromatic amines is 1. The number of benzene rings is 2. The van der Waals surface area contributed by atoms with Crippen molar-refractivity contribution in [2.75, 3.05) is 61.1 Å². The maximum absolute atomic E-state index is 6.50. The smallest absolute Gasteiger partial charge is 0.206 e. The first-order chi connectivity index (χ1) is 17.1. The molecular weight excluding hydrogens is 482 g/mol. The molecule has 2 aromatic carbocycles. The number of nitrogens with one attached hydrogen (secondary N) is 3. The number of hydrogen-bond donors (Lipinski definition) is 3. The summed E-state index contributed by atoms with van der Waals surface area (Å²) in [7, 11) is 3.69. The van der Waals surface area contributed by atoms with E-state index in [0.29, 0.717) is 28.1 Å². The Kier molecular flexibility index (Phi) is 6.90. The van der Waals surface area contributed by atoms with E-state index in [2.05, 4.69) is 67.3 Å². The van der Waals surface area contributed by atoms with Crippen molar-refractivity contribution >= 4 is 67.7 Å². The molecule has 0 radical (unpaired) electrons. The van der Waals surface area contributed by atoms with E-state index < -0.39 is 0 Å². The van der Waals surface area contributed by atoms with Crippen LogP contribution in [0.4, 0.5) is 17.3 Å². The summed E-state index contributed by atoms with van der Waals surface area (Å²) < 4.78 is 7.83. The van der Waals surface area contributed by atoms with Crippen molar-refractivity contribution in [1.82, 2.24) is 20.3 Å². The fourth-order valence-corrected chi connectivity index (χ4v) is 4.71. The number of halogens is 1. The van der Waals surface area contributed by atoms with Crippen molar-refractivity contribution in [2.45, 2.75) is 0 Å². The molecule has 1 aromatic heterocycles. The van der Waals surface area contributed by atoms with Gasteiger partial charge in [0.1, 0.15) is 11.3 Å². The second-order valence-corrected chi connectivity index (χ2v) is 9.58. The van der Waals surface area contributed by atoms with Gasteiger partial charge in [-0.3, -0.25) is 0 Å². The van der Waals surface area contributed by atoms with Crippen molar-refractivity contribution < 1.29 is 4.74 Å². The third-order valence-corrected chi connectivity index (χ3v) is 7.15. The van der Waals surface area contributed by atoms with Gasteiger partial charge in [0, 0.05) is 62.8 Å². The van der Waals surface area contributed by atoms with Gasteiger partial charge < -0.3 is 29.6 Å². The zero-order chi connectivity index (χ0) is 24.4. The van der Waals surface area contributed by atoms with Gasteiger partial charge in [-0.15, -0.1) is 0 Å². The van der Waals surface area contributed by atoms with E-state index in [4.69, 9.17) is 26.3 Å². The molecule has 3 heterocycles. The number of H-pyrrole nitrogens is 1. The fourth-order valence-electron chi connectivity index (χ4n) is 4.21. The molecule has 6 bridgehead atoms. The highest BCUT2D eigenvalue weighted by atomic mass is 35.5. The first-order valence-electron chi connectivity index (χ1n) is 11.4. The minimum absolute atomic E-state index is 0.472. The Morgan fingerprint density at radius 3 is 2.63 bits per heavy atom. The SMILES string of the molecule is COc1cc(N2CCNCC2)c2ccc3ccc(N(C)SC)c(c3)nc3[nH]c(nc1c2)NC=C3Cl. The number of rotatable bonds is 4. The molecule has 1 saturated heterocycles. The minimum atomic E-state index is 0.472. The molecule has 0 spiro atoms. The van der Waals surface area contributed by atoms with Crippen LogP contribution in [0.5, 0.6) is 5.75 Å². The average Bonchev–Trinajstić information content (AvgIpc) is 2.89. The van der Waals surface area contributed by atoms with Gasteiger partial charge in [0.2, 0.25) is 5.95 Å². The number of fused-ring (bicyclic) bond motifs is 6. The summed E-state index contributed by atoms with van der Waals surface area (Å²) in [5.74, 6) is 1.74. The maximum Gasteiger partial charge on any atom is 0.206 e. The summed E-state index contributed by atoms with van der Waals surface area (Å²) in [6, 6.07) is 14.7. The van der Waals surface area contributed by atoms with Crippen molar-refractivity contribution in [3.05, 3.63) is 54.5 Å². The monoisotopic (exact) mass is 509 g/mol. The second-order valence-electron chi connectivity index (χ2n) is 8.26. The van der Waals surface area contributed by atoms with Crippen LogP contribution in [0.25, 0.3) is 26.8 Å². The quantitative estimate of drug-likeness (QED) is 0.429. The molecule has 0 unspecified atom stereocenters. The Morgan fingerprint density at radius 1 is 1.06 bits per heavy atom. The van der Waals surface area contributed by atoms with Gasteiger partial charge in [-0.2, -0.15) is 0 Å². The van der Waals surface area contributed by atoms with Gasteiger partial charge in [0.15, 0.2) is 5.82 Å². The summed E-state index contributed by atoms with van der Waals surface area (Å²) in [4.78, 5) is 15.3. The van der Waals surface area contributed by atoms with E-state index in [9.17, 15) is 0 Å². The van der Waals surface area contributed by atoms with Crippen LogP contribution < -0.4 is 24.6 Å². The predicted molar refractivity (Wildman–Crippen MR) is 149 cm³/mol. The standard InChI is InChI=1S/C25H28ClN7OS/c1-32(35-3)21-7-5-16-4-6-17-13-20(23(34-2)14-22(17)33-10-8-27-9-11-33)30-25-28-15-18(26)24(31-25)29-19(21)12-16/h4-7,12-15,27H,8-11H2,1-3H3,(H2,28,29,30,31). The van der Waals surface area contributed by atoms with Crippen LogP contribution in [0, 0.1) is 0 Å². The van der Waals surface area contributed by atoms with Crippen molar-refractivity contribution in [3.8, 4) is 5.75 Å². The van der Waals surface area contributed by atoms with Gasteiger partial charge in [0.05, 0.1) is 23.3 Å². The highest BCUT2D eigenvalue weighted by Gasteiger charge is 2.15. The number of methoxy groups -OCH3 is 1. The number of nitrogens with zero attached hydrogens (tertiary/aromatic N) is 4. The van der Waals surface area contributed by atoms with Crippen LogP contribution in [0.3, 0.4) is 0 Å². The van der Waals surface area contributed by atoms with Crippen LogP contribution in [0.15, 0.2) is 48.7 Å². The van der Waals surface area contributed by atoms with Gasteiger partial charge >= 0.3 is 0 Å². The third kappa shape index (κ3) is 4.98. The highest BCUT2D eigenvalue weighted by Crippen LogP contribution is 2.32. The minimum Gasteiger partial charge on any atom is -0.494 e. The first kappa shape index (κ1) is 23.6. The lowest BCUT2D eigenvalue weighted by molar-refractivity contribution is 0.418. The summed E-state index contributed by atoms with van der Waals surface area (Å²) in [6.07, 6.45) is 3.73. The molecular formula is C25H28ClN7OS. The lowest BCUT2D eigenvalue weighted by Crippen LogP contribution is -2.43. The fraction of sp³-hybridized carbons (Fsp3) is 0.280. The van der Waals surface area contributed by atoms with E-state index in [1.54, 1.807) is 25.3 Å². The topological polar surface area (TPSA) is 81.3 Å². The molecule has 3 N–H and O–H groups in total. The van der Waals surface area contributed by atoms with Crippen LogP contribution in [0.1, 0.15) is 5.82 Å². The van der Waals surface area contributed by atoms with Crippen molar-refractivity contribution in [1.29, 1.82) is 0 Å². The summed E-state index contributed by atoms with van der Waals surface area (Å²) >= 11 is 8.12. The molecule has 2 aliphatic heterocycles. The van der Waals surface area contributed by atoms with Gasteiger partial charge in [-0.05, 0) is 23.6 Å². The molecule has 35 heavy (non-hydrogen) atoms. The largest absolute Gasteiger partial charge is 0.494 e. The number of ether oxygens (including phenoxy) is 1.